The molecule has 1 aromatic carbocycles. The Hall–Kier alpha value is -3.40. The first-order chi connectivity index (χ1) is 11.9. The lowest BCUT2D eigenvalue weighted by molar-refractivity contribution is 1.19. The van der Waals surface area contributed by atoms with Crippen LogP contribution in [0.5, 0.6) is 0 Å². The molecular formula is C20H14N4. The molecule has 0 atom stereocenters. The zero-order valence-corrected chi connectivity index (χ0v) is 12.8. The Balaban J connectivity index is 1.71. The summed E-state index contributed by atoms with van der Waals surface area (Å²) in [5.41, 5.74) is 6.42. The first-order valence-corrected chi connectivity index (χ1v) is 7.84. The minimum Gasteiger partial charge on any atom is -0.346 e. The molecule has 1 N–H and O–H groups in total. The Labute approximate surface area is 138 Å². The zero-order valence-electron chi connectivity index (χ0n) is 12.8. The number of rotatable bonds is 2. The lowest BCUT2D eigenvalue weighted by Crippen LogP contribution is -1.85. The van der Waals surface area contributed by atoms with Crippen LogP contribution in [-0.4, -0.2) is 19.4 Å². The summed E-state index contributed by atoms with van der Waals surface area (Å²) in [6, 6.07) is 16.6. The van der Waals surface area contributed by atoms with Gasteiger partial charge in [-0.1, -0.05) is 30.3 Å². The second kappa shape index (κ2) is 5.06. The summed E-state index contributed by atoms with van der Waals surface area (Å²) in [5.74, 6) is 0. The number of aromatic amines is 1. The van der Waals surface area contributed by atoms with Crippen LogP contribution in [0.2, 0.25) is 0 Å². The van der Waals surface area contributed by atoms with E-state index in [0.29, 0.717) is 0 Å². The summed E-state index contributed by atoms with van der Waals surface area (Å²) in [4.78, 5) is 12.2. The molecule has 0 bridgehead atoms. The summed E-state index contributed by atoms with van der Waals surface area (Å²) in [7, 11) is 0. The van der Waals surface area contributed by atoms with E-state index in [-0.39, 0.29) is 0 Å². The predicted octanol–water partition coefficient (Wildman–Crippen LogP) is 4.54. The van der Waals surface area contributed by atoms with E-state index in [1.807, 2.05) is 53.5 Å². The largest absolute Gasteiger partial charge is 0.346 e. The van der Waals surface area contributed by atoms with Crippen molar-refractivity contribution in [2.24, 2.45) is 0 Å². The maximum atomic E-state index is 4.58. The van der Waals surface area contributed by atoms with Crippen LogP contribution < -0.4 is 0 Å². The van der Waals surface area contributed by atoms with Crippen LogP contribution in [-0.2, 0) is 0 Å². The highest BCUT2D eigenvalue weighted by Crippen LogP contribution is 2.31. The number of nitrogens with one attached hydrogen (secondary N) is 1. The molecule has 4 nitrogen and oxygen atoms in total. The third-order valence-corrected chi connectivity index (χ3v) is 4.34. The lowest BCUT2D eigenvalue weighted by Gasteiger charge is -2.04. The van der Waals surface area contributed by atoms with Gasteiger partial charge in [-0.05, 0) is 23.8 Å². The molecular weight excluding hydrogens is 296 g/mol. The number of fused-ring (bicyclic) bond motifs is 2. The van der Waals surface area contributed by atoms with E-state index in [4.69, 9.17) is 0 Å². The predicted molar refractivity (Wildman–Crippen MR) is 95.7 cm³/mol. The van der Waals surface area contributed by atoms with Crippen LogP contribution in [0.25, 0.3) is 38.9 Å². The van der Waals surface area contributed by atoms with Gasteiger partial charge in [0.1, 0.15) is 11.3 Å². The zero-order chi connectivity index (χ0) is 15.9. The highest BCUT2D eigenvalue weighted by atomic mass is 15.0. The second-order valence-corrected chi connectivity index (χ2v) is 5.80. The van der Waals surface area contributed by atoms with Crippen LogP contribution in [0.15, 0.2) is 79.5 Å². The van der Waals surface area contributed by atoms with Crippen molar-refractivity contribution < 1.29 is 0 Å². The van der Waals surface area contributed by atoms with Crippen LogP contribution in [0.4, 0.5) is 0 Å². The fraction of sp³-hybridized carbons (Fsp3) is 0. The molecule has 4 heterocycles. The van der Waals surface area contributed by atoms with Gasteiger partial charge >= 0.3 is 0 Å². The molecule has 0 saturated carbocycles. The molecule has 114 valence electrons. The van der Waals surface area contributed by atoms with Crippen molar-refractivity contribution in [2.45, 2.75) is 0 Å². The Morgan fingerprint density at radius 1 is 0.875 bits per heavy atom. The molecule has 4 aromatic heterocycles. The molecule has 0 aliphatic rings. The average Bonchev–Trinajstić information content (AvgIpc) is 3.27. The number of H-pyrrole nitrogens is 1. The van der Waals surface area contributed by atoms with Crippen molar-refractivity contribution in [3.8, 4) is 22.3 Å². The smallest absolute Gasteiger partial charge is 0.137 e. The van der Waals surface area contributed by atoms with Gasteiger partial charge in [-0.25, -0.2) is 9.97 Å². The highest BCUT2D eigenvalue weighted by molar-refractivity contribution is 5.95. The van der Waals surface area contributed by atoms with Crippen molar-refractivity contribution in [1.29, 1.82) is 0 Å². The van der Waals surface area contributed by atoms with Crippen LogP contribution in [0.3, 0.4) is 0 Å². The van der Waals surface area contributed by atoms with Gasteiger partial charge < -0.3 is 9.38 Å². The first-order valence-electron chi connectivity index (χ1n) is 7.84. The minimum absolute atomic E-state index is 0.899. The Morgan fingerprint density at radius 3 is 2.71 bits per heavy atom. The summed E-state index contributed by atoms with van der Waals surface area (Å²) in [5, 5.41) is 1.12. The number of imidazole rings is 1. The number of hydrogen-bond donors (Lipinski definition) is 1. The molecule has 0 aliphatic carbocycles. The van der Waals surface area contributed by atoms with Gasteiger partial charge in [0, 0.05) is 53.1 Å². The molecule has 0 spiro atoms. The number of pyridine rings is 2. The molecule has 0 unspecified atom stereocenters. The van der Waals surface area contributed by atoms with Crippen LogP contribution in [0.1, 0.15) is 0 Å². The normalized spacial score (nSPS) is 11.3. The van der Waals surface area contributed by atoms with E-state index in [2.05, 4.69) is 45.4 Å². The van der Waals surface area contributed by atoms with E-state index in [1.165, 1.54) is 5.56 Å². The highest BCUT2D eigenvalue weighted by Gasteiger charge is 2.10. The van der Waals surface area contributed by atoms with Crippen LogP contribution in [0, 0.1) is 0 Å². The maximum Gasteiger partial charge on any atom is 0.137 e. The fourth-order valence-electron chi connectivity index (χ4n) is 3.11. The number of benzene rings is 1. The van der Waals surface area contributed by atoms with Crippen molar-refractivity contribution in [1.82, 2.24) is 19.4 Å². The van der Waals surface area contributed by atoms with E-state index >= 15 is 0 Å². The summed E-state index contributed by atoms with van der Waals surface area (Å²) in [6.45, 7) is 0. The van der Waals surface area contributed by atoms with Gasteiger partial charge in [0.2, 0.25) is 0 Å². The number of nitrogens with zero attached hydrogens (tertiary/aromatic N) is 3. The van der Waals surface area contributed by atoms with Gasteiger partial charge in [0.15, 0.2) is 0 Å². The third kappa shape index (κ3) is 2.01. The summed E-state index contributed by atoms with van der Waals surface area (Å²) >= 11 is 0. The molecule has 5 aromatic rings. The molecule has 0 fully saturated rings. The Kier molecular flexibility index (Phi) is 2.76. The van der Waals surface area contributed by atoms with Gasteiger partial charge in [-0.15, -0.1) is 0 Å². The SMILES string of the molecule is c1ccc(-c2cnc3[nH]cc(-c4ccc5nccn5c4)c3c2)cc1. The van der Waals surface area contributed by atoms with Crippen molar-refractivity contribution in [2.75, 3.05) is 0 Å². The molecule has 4 heteroatoms. The molecule has 5 rings (SSSR count). The van der Waals surface area contributed by atoms with Crippen molar-refractivity contribution in [3.05, 3.63) is 79.5 Å². The Morgan fingerprint density at radius 2 is 1.79 bits per heavy atom. The molecule has 0 saturated heterocycles. The van der Waals surface area contributed by atoms with Gasteiger partial charge in [0.25, 0.3) is 0 Å². The lowest BCUT2D eigenvalue weighted by atomic mass is 10.0. The molecule has 0 aliphatic heterocycles. The fourth-order valence-corrected chi connectivity index (χ4v) is 3.11. The summed E-state index contributed by atoms with van der Waals surface area (Å²) < 4.78 is 2.03. The van der Waals surface area contributed by atoms with E-state index in [1.54, 1.807) is 0 Å². The quantitative estimate of drug-likeness (QED) is 0.520. The van der Waals surface area contributed by atoms with Crippen molar-refractivity contribution >= 4 is 16.7 Å². The second-order valence-electron chi connectivity index (χ2n) is 5.80. The molecule has 24 heavy (non-hydrogen) atoms. The van der Waals surface area contributed by atoms with E-state index < -0.39 is 0 Å². The van der Waals surface area contributed by atoms with Gasteiger partial charge in [-0.3, -0.25) is 0 Å². The third-order valence-electron chi connectivity index (χ3n) is 4.34. The van der Waals surface area contributed by atoms with Crippen LogP contribution >= 0.6 is 0 Å². The minimum atomic E-state index is 0.899. The molecule has 0 amide bonds. The number of aromatic nitrogens is 4. The number of hydrogen-bond acceptors (Lipinski definition) is 2. The van der Waals surface area contributed by atoms with Crippen molar-refractivity contribution in [3.63, 3.8) is 0 Å². The summed E-state index contributed by atoms with van der Waals surface area (Å²) in [6.07, 6.45) is 9.80. The monoisotopic (exact) mass is 310 g/mol. The topological polar surface area (TPSA) is 46.0 Å². The first kappa shape index (κ1) is 13.1. The average molecular weight is 310 g/mol. The molecule has 0 radical (unpaired) electrons. The maximum absolute atomic E-state index is 4.58. The Bertz CT molecular complexity index is 1150. The standard InChI is InChI=1S/C20H14N4/c1-2-4-14(5-3-1)16-10-17-18(12-23-20(17)22-11-16)15-6-7-19-21-8-9-24(19)13-15/h1-13H,(H,22,23). The van der Waals surface area contributed by atoms with Gasteiger partial charge in [-0.2, -0.15) is 0 Å². The van der Waals surface area contributed by atoms with Gasteiger partial charge in [0.05, 0.1) is 0 Å². The van der Waals surface area contributed by atoms with E-state index in [9.17, 15) is 0 Å². The van der Waals surface area contributed by atoms with E-state index in [0.717, 1.165) is 33.4 Å².